The molecule has 1 saturated carbocycles. The van der Waals surface area contributed by atoms with Crippen LogP contribution < -0.4 is 4.74 Å². The Morgan fingerprint density at radius 2 is 2.06 bits per heavy atom. The highest BCUT2D eigenvalue weighted by Crippen LogP contribution is 2.24. The quantitative estimate of drug-likeness (QED) is 0.754. The van der Waals surface area contributed by atoms with Gasteiger partial charge in [0, 0.05) is 17.6 Å². The zero-order valence-corrected chi connectivity index (χ0v) is 11.2. The van der Waals surface area contributed by atoms with Gasteiger partial charge in [-0.2, -0.15) is 0 Å². The second kappa shape index (κ2) is 6.25. The zero-order chi connectivity index (χ0) is 12.1. The molecule has 2 nitrogen and oxygen atoms in total. The lowest BCUT2D eigenvalue weighted by molar-refractivity contribution is 0.202. The first kappa shape index (κ1) is 12.7. The van der Waals surface area contributed by atoms with Crippen LogP contribution in [0.3, 0.4) is 0 Å². The molecule has 0 bridgehead atoms. The highest BCUT2D eigenvalue weighted by atomic mass is 35.5. The molecule has 94 valence electrons. The number of rotatable bonds is 4. The van der Waals surface area contributed by atoms with Gasteiger partial charge in [-0.1, -0.05) is 19.3 Å². The molecule has 0 atom stereocenters. The molecule has 1 aliphatic carbocycles. The van der Waals surface area contributed by atoms with Crippen molar-refractivity contribution in [2.75, 3.05) is 6.61 Å². The molecular weight excluding hydrogens is 234 g/mol. The van der Waals surface area contributed by atoms with Gasteiger partial charge >= 0.3 is 0 Å². The smallest absolute Gasteiger partial charge is 0.213 e. The Morgan fingerprint density at radius 3 is 2.76 bits per heavy atom. The van der Waals surface area contributed by atoms with Crippen molar-refractivity contribution in [2.24, 2.45) is 5.92 Å². The van der Waals surface area contributed by atoms with Gasteiger partial charge in [0.2, 0.25) is 5.88 Å². The zero-order valence-electron chi connectivity index (χ0n) is 10.4. The Bertz CT molecular complexity index is 361. The summed E-state index contributed by atoms with van der Waals surface area (Å²) in [6, 6.07) is 3.95. The summed E-state index contributed by atoms with van der Waals surface area (Å²) < 4.78 is 5.80. The van der Waals surface area contributed by atoms with Crippen molar-refractivity contribution >= 4 is 11.6 Å². The summed E-state index contributed by atoms with van der Waals surface area (Å²) in [6.07, 6.45) is 6.68. The van der Waals surface area contributed by atoms with Crippen molar-refractivity contribution in [3.63, 3.8) is 0 Å². The van der Waals surface area contributed by atoms with E-state index < -0.39 is 0 Å². The monoisotopic (exact) mass is 253 g/mol. The van der Waals surface area contributed by atoms with E-state index in [0.717, 1.165) is 23.7 Å². The Hall–Kier alpha value is -0.760. The molecule has 0 aromatic carbocycles. The van der Waals surface area contributed by atoms with Crippen LogP contribution >= 0.6 is 11.6 Å². The van der Waals surface area contributed by atoms with Crippen LogP contribution in [0.2, 0.25) is 0 Å². The minimum Gasteiger partial charge on any atom is -0.477 e. The maximum Gasteiger partial charge on any atom is 0.213 e. The summed E-state index contributed by atoms with van der Waals surface area (Å²) in [4.78, 5) is 4.39. The maximum atomic E-state index is 5.84. The lowest BCUT2D eigenvalue weighted by Crippen LogP contribution is -2.15. The number of aryl methyl sites for hydroxylation is 1. The first-order valence-corrected chi connectivity index (χ1v) is 6.97. The third kappa shape index (κ3) is 3.88. The van der Waals surface area contributed by atoms with Gasteiger partial charge in [0.15, 0.2) is 0 Å². The lowest BCUT2D eigenvalue weighted by Gasteiger charge is -2.21. The van der Waals surface area contributed by atoms with Crippen LogP contribution in [0.5, 0.6) is 5.88 Å². The van der Waals surface area contributed by atoms with Gasteiger partial charge < -0.3 is 4.74 Å². The molecule has 1 aromatic heterocycles. The molecule has 0 aliphatic heterocycles. The van der Waals surface area contributed by atoms with E-state index in [4.69, 9.17) is 16.3 Å². The van der Waals surface area contributed by atoms with Gasteiger partial charge in [0.05, 0.1) is 6.61 Å². The van der Waals surface area contributed by atoms with Crippen LogP contribution in [-0.2, 0) is 5.88 Å². The first-order chi connectivity index (χ1) is 8.28. The Kier molecular flexibility index (Phi) is 4.66. The number of hydrogen-bond donors (Lipinski definition) is 0. The average Bonchev–Trinajstić information content (AvgIpc) is 2.37. The van der Waals surface area contributed by atoms with Crippen molar-refractivity contribution in [1.29, 1.82) is 0 Å². The Labute approximate surface area is 108 Å². The van der Waals surface area contributed by atoms with Crippen LogP contribution in [0.4, 0.5) is 0 Å². The van der Waals surface area contributed by atoms with Gasteiger partial charge in [-0.25, -0.2) is 4.98 Å². The molecular formula is C14H20ClNO. The molecule has 0 unspecified atom stereocenters. The van der Waals surface area contributed by atoms with Gasteiger partial charge in [-0.05, 0) is 37.3 Å². The number of pyridine rings is 1. The van der Waals surface area contributed by atoms with Crippen molar-refractivity contribution in [2.45, 2.75) is 44.9 Å². The Morgan fingerprint density at radius 1 is 1.29 bits per heavy atom. The number of halogens is 1. The molecule has 0 radical (unpaired) electrons. The maximum absolute atomic E-state index is 5.84. The van der Waals surface area contributed by atoms with Crippen LogP contribution in [0.15, 0.2) is 12.1 Å². The normalized spacial score (nSPS) is 17.1. The van der Waals surface area contributed by atoms with Crippen LogP contribution in [0, 0.1) is 12.8 Å². The van der Waals surface area contributed by atoms with E-state index in [-0.39, 0.29) is 0 Å². The van der Waals surface area contributed by atoms with E-state index in [2.05, 4.69) is 4.98 Å². The predicted molar refractivity (Wildman–Crippen MR) is 70.6 cm³/mol. The van der Waals surface area contributed by atoms with E-state index in [1.807, 2.05) is 19.1 Å². The number of hydrogen-bond acceptors (Lipinski definition) is 2. The van der Waals surface area contributed by atoms with Gasteiger partial charge in [0.1, 0.15) is 0 Å². The number of ether oxygens (including phenoxy) is 1. The van der Waals surface area contributed by atoms with E-state index >= 15 is 0 Å². The summed E-state index contributed by atoms with van der Waals surface area (Å²) in [5.74, 6) is 1.96. The van der Waals surface area contributed by atoms with E-state index in [0.29, 0.717) is 11.8 Å². The van der Waals surface area contributed by atoms with Gasteiger partial charge in [-0.3, -0.25) is 0 Å². The van der Waals surface area contributed by atoms with E-state index in [1.165, 1.54) is 32.1 Å². The van der Waals surface area contributed by atoms with Crippen molar-refractivity contribution in [3.8, 4) is 5.88 Å². The fourth-order valence-corrected chi connectivity index (χ4v) is 2.57. The summed E-state index contributed by atoms with van der Waals surface area (Å²) in [6.45, 7) is 2.78. The second-order valence-electron chi connectivity index (χ2n) is 4.90. The summed E-state index contributed by atoms with van der Waals surface area (Å²) in [5, 5.41) is 0. The summed E-state index contributed by atoms with van der Waals surface area (Å²) in [7, 11) is 0. The molecule has 0 spiro atoms. The van der Waals surface area contributed by atoms with Crippen LogP contribution in [-0.4, -0.2) is 11.6 Å². The topological polar surface area (TPSA) is 22.1 Å². The van der Waals surface area contributed by atoms with E-state index in [9.17, 15) is 0 Å². The first-order valence-electron chi connectivity index (χ1n) is 6.44. The fraction of sp³-hybridized carbons (Fsp3) is 0.643. The van der Waals surface area contributed by atoms with Gasteiger partial charge in [-0.15, -0.1) is 11.6 Å². The number of alkyl halides is 1. The molecule has 0 N–H and O–H groups in total. The molecule has 0 saturated heterocycles. The summed E-state index contributed by atoms with van der Waals surface area (Å²) in [5.41, 5.74) is 2.06. The molecule has 1 aromatic rings. The molecule has 1 aliphatic rings. The van der Waals surface area contributed by atoms with Crippen molar-refractivity contribution in [3.05, 3.63) is 23.4 Å². The number of nitrogens with zero attached hydrogens (tertiary/aromatic N) is 1. The highest BCUT2D eigenvalue weighted by Gasteiger charge is 2.14. The van der Waals surface area contributed by atoms with Crippen molar-refractivity contribution < 1.29 is 4.74 Å². The molecule has 17 heavy (non-hydrogen) atoms. The van der Waals surface area contributed by atoms with E-state index in [1.54, 1.807) is 0 Å². The second-order valence-corrected chi connectivity index (χ2v) is 5.17. The lowest BCUT2D eigenvalue weighted by atomic mass is 9.90. The largest absolute Gasteiger partial charge is 0.477 e. The average molecular weight is 254 g/mol. The standard InChI is InChI=1S/C14H20ClNO/c1-11-7-13(9-15)8-14(16-11)17-10-12-5-3-2-4-6-12/h7-8,12H,2-6,9-10H2,1H3. The molecule has 0 amide bonds. The third-order valence-electron chi connectivity index (χ3n) is 3.34. The predicted octanol–water partition coefficient (Wildman–Crippen LogP) is 4.09. The molecule has 2 rings (SSSR count). The molecule has 1 fully saturated rings. The van der Waals surface area contributed by atoms with Gasteiger partial charge in [0.25, 0.3) is 0 Å². The third-order valence-corrected chi connectivity index (χ3v) is 3.64. The molecule has 3 heteroatoms. The van der Waals surface area contributed by atoms with Crippen LogP contribution in [0.25, 0.3) is 0 Å². The minimum absolute atomic E-state index is 0.517. The Balaban J connectivity index is 1.91. The molecule has 1 heterocycles. The summed E-state index contributed by atoms with van der Waals surface area (Å²) >= 11 is 5.84. The number of aromatic nitrogens is 1. The fourth-order valence-electron chi connectivity index (χ4n) is 2.42. The van der Waals surface area contributed by atoms with Crippen LogP contribution in [0.1, 0.15) is 43.4 Å². The highest BCUT2D eigenvalue weighted by molar-refractivity contribution is 6.17. The van der Waals surface area contributed by atoms with Crippen molar-refractivity contribution in [1.82, 2.24) is 4.98 Å². The minimum atomic E-state index is 0.517. The SMILES string of the molecule is Cc1cc(CCl)cc(OCC2CCCCC2)n1.